The number of aryl methyl sites for hydroxylation is 1. The third kappa shape index (κ3) is 2.32. The highest BCUT2D eigenvalue weighted by Gasteiger charge is 2.07. The highest BCUT2D eigenvalue weighted by atomic mass is 32.2. The van der Waals surface area contributed by atoms with Gasteiger partial charge in [0.05, 0.1) is 11.6 Å². The van der Waals surface area contributed by atoms with Crippen LogP contribution in [0.25, 0.3) is 0 Å². The molecule has 0 saturated heterocycles. The Morgan fingerprint density at radius 1 is 1.44 bits per heavy atom. The molecule has 0 unspecified atom stereocenters. The lowest BCUT2D eigenvalue weighted by Gasteiger charge is -2.02. The van der Waals surface area contributed by atoms with Crippen LogP contribution in [0, 0.1) is 18.3 Å². The van der Waals surface area contributed by atoms with Crippen molar-refractivity contribution in [1.82, 2.24) is 10.2 Å². The maximum atomic E-state index is 8.80. The second-order valence-corrected chi connectivity index (χ2v) is 5.52. The third-order valence-corrected chi connectivity index (χ3v) is 3.81. The molecule has 0 aliphatic heterocycles. The van der Waals surface area contributed by atoms with Crippen LogP contribution in [0.2, 0.25) is 0 Å². The number of nitrogen functional groups attached to an aromatic ring is 1. The molecule has 1 aromatic heterocycles. The molecule has 2 aromatic rings. The van der Waals surface area contributed by atoms with Gasteiger partial charge in [0.2, 0.25) is 0 Å². The highest BCUT2D eigenvalue weighted by molar-refractivity contribution is 8.01. The lowest BCUT2D eigenvalue weighted by molar-refractivity contribution is 0.984. The molecule has 0 spiro atoms. The number of anilines is 1. The molecule has 2 rings (SSSR count). The zero-order valence-corrected chi connectivity index (χ0v) is 10.1. The summed E-state index contributed by atoms with van der Waals surface area (Å²) in [6.45, 7) is 1.90. The standard InChI is InChI=1S/C10H8N4S2/c1-6-13-14-10(15-6)16-9-4-7(5-11)2-3-8(9)12/h2-4H,12H2,1H3. The number of nitriles is 1. The minimum Gasteiger partial charge on any atom is -0.398 e. The minimum absolute atomic E-state index is 0.595. The monoisotopic (exact) mass is 248 g/mol. The molecule has 0 amide bonds. The van der Waals surface area contributed by atoms with Crippen molar-refractivity contribution in [3.63, 3.8) is 0 Å². The minimum atomic E-state index is 0.595. The zero-order valence-electron chi connectivity index (χ0n) is 8.47. The van der Waals surface area contributed by atoms with E-state index >= 15 is 0 Å². The van der Waals surface area contributed by atoms with Crippen molar-refractivity contribution >= 4 is 28.8 Å². The summed E-state index contributed by atoms with van der Waals surface area (Å²) < 4.78 is 0.833. The fraction of sp³-hybridized carbons (Fsp3) is 0.100. The van der Waals surface area contributed by atoms with Gasteiger partial charge in [0.15, 0.2) is 4.34 Å². The van der Waals surface area contributed by atoms with Crippen molar-refractivity contribution in [3.05, 3.63) is 28.8 Å². The Hall–Kier alpha value is -1.58. The van der Waals surface area contributed by atoms with E-state index < -0.39 is 0 Å². The Morgan fingerprint density at radius 2 is 2.25 bits per heavy atom. The topological polar surface area (TPSA) is 75.6 Å². The molecular weight excluding hydrogens is 240 g/mol. The normalized spacial score (nSPS) is 10.0. The van der Waals surface area contributed by atoms with Crippen LogP contribution in [0.15, 0.2) is 27.4 Å². The van der Waals surface area contributed by atoms with Crippen molar-refractivity contribution in [3.8, 4) is 6.07 Å². The van der Waals surface area contributed by atoms with E-state index in [9.17, 15) is 0 Å². The van der Waals surface area contributed by atoms with Crippen LogP contribution >= 0.6 is 23.1 Å². The summed E-state index contributed by atoms with van der Waals surface area (Å²) in [5.74, 6) is 0. The average Bonchev–Trinajstić information content (AvgIpc) is 2.67. The second kappa shape index (κ2) is 4.51. The van der Waals surface area contributed by atoms with Crippen LogP contribution < -0.4 is 5.73 Å². The average molecular weight is 248 g/mol. The molecule has 0 fully saturated rings. The number of rotatable bonds is 2. The third-order valence-electron chi connectivity index (χ3n) is 1.85. The largest absolute Gasteiger partial charge is 0.398 e. The second-order valence-electron chi connectivity index (χ2n) is 3.05. The van der Waals surface area contributed by atoms with Gasteiger partial charge in [-0.05, 0) is 25.1 Å². The first-order chi connectivity index (χ1) is 7.69. The van der Waals surface area contributed by atoms with Gasteiger partial charge in [0.25, 0.3) is 0 Å². The summed E-state index contributed by atoms with van der Waals surface area (Å²) in [4.78, 5) is 0.843. The zero-order chi connectivity index (χ0) is 11.5. The molecule has 0 aliphatic rings. The van der Waals surface area contributed by atoms with E-state index in [1.807, 2.05) is 6.92 Å². The predicted octanol–water partition coefficient (Wildman–Crippen LogP) is 2.45. The van der Waals surface area contributed by atoms with Crippen LogP contribution in [0.5, 0.6) is 0 Å². The number of hydrogen-bond acceptors (Lipinski definition) is 6. The molecule has 80 valence electrons. The fourth-order valence-corrected chi connectivity index (χ4v) is 2.96. The van der Waals surface area contributed by atoms with Crippen LogP contribution in [0.4, 0.5) is 5.69 Å². The molecule has 0 atom stereocenters. The Labute approximate surface area is 101 Å². The van der Waals surface area contributed by atoms with Crippen LogP contribution in [-0.2, 0) is 0 Å². The summed E-state index contributed by atoms with van der Waals surface area (Å²) in [6, 6.07) is 7.27. The maximum absolute atomic E-state index is 8.80. The first-order valence-corrected chi connectivity index (χ1v) is 6.10. The molecule has 0 bridgehead atoms. The van der Waals surface area contributed by atoms with Gasteiger partial charge in [-0.15, -0.1) is 10.2 Å². The molecule has 1 aromatic carbocycles. The van der Waals surface area contributed by atoms with E-state index in [1.54, 1.807) is 18.2 Å². The van der Waals surface area contributed by atoms with Crippen LogP contribution in [0.1, 0.15) is 10.6 Å². The molecule has 2 N–H and O–H groups in total. The number of hydrogen-bond donors (Lipinski definition) is 1. The number of nitrogens with zero attached hydrogens (tertiary/aromatic N) is 3. The van der Waals surface area contributed by atoms with Gasteiger partial charge in [-0.25, -0.2) is 0 Å². The lowest BCUT2D eigenvalue weighted by Crippen LogP contribution is -1.89. The molecule has 6 heteroatoms. The van der Waals surface area contributed by atoms with E-state index in [2.05, 4.69) is 16.3 Å². The number of benzene rings is 1. The van der Waals surface area contributed by atoms with E-state index in [4.69, 9.17) is 11.0 Å². The number of aromatic nitrogens is 2. The van der Waals surface area contributed by atoms with E-state index in [1.165, 1.54) is 23.1 Å². The molecule has 0 aliphatic carbocycles. The van der Waals surface area contributed by atoms with Gasteiger partial charge < -0.3 is 5.73 Å². The van der Waals surface area contributed by atoms with Crippen molar-refractivity contribution in [2.45, 2.75) is 16.2 Å². The Morgan fingerprint density at radius 3 is 2.88 bits per heavy atom. The van der Waals surface area contributed by atoms with E-state index in [-0.39, 0.29) is 0 Å². The van der Waals surface area contributed by atoms with Gasteiger partial charge in [0, 0.05) is 10.6 Å². The van der Waals surface area contributed by atoms with Crippen LogP contribution in [-0.4, -0.2) is 10.2 Å². The molecule has 16 heavy (non-hydrogen) atoms. The van der Waals surface area contributed by atoms with Crippen LogP contribution in [0.3, 0.4) is 0 Å². The van der Waals surface area contributed by atoms with Gasteiger partial charge in [-0.1, -0.05) is 23.1 Å². The van der Waals surface area contributed by atoms with Crippen molar-refractivity contribution in [2.75, 3.05) is 5.73 Å². The lowest BCUT2D eigenvalue weighted by atomic mass is 10.2. The maximum Gasteiger partial charge on any atom is 0.179 e. The van der Waals surface area contributed by atoms with Crippen molar-refractivity contribution < 1.29 is 0 Å². The molecular formula is C10H8N4S2. The first kappa shape index (κ1) is 10.9. The van der Waals surface area contributed by atoms with Gasteiger partial charge in [-0.3, -0.25) is 0 Å². The quantitative estimate of drug-likeness (QED) is 0.826. The number of nitrogens with two attached hydrogens (primary N) is 1. The summed E-state index contributed by atoms with van der Waals surface area (Å²) in [5.41, 5.74) is 7.07. The van der Waals surface area contributed by atoms with Crippen molar-refractivity contribution in [2.24, 2.45) is 0 Å². The smallest absolute Gasteiger partial charge is 0.179 e. The van der Waals surface area contributed by atoms with Crippen molar-refractivity contribution in [1.29, 1.82) is 5.26 Å². The molecule has 1 heterocycles. The summed E-state index contributed by atoms with van der Waals surface area (Å²) in [5, 5.41) is 17.6. The SMILES string of the molecule is Cc1nnc(Sc2cc(C#N)ccc2N)s1. The van der Waals surface area contributed by atoms with Gasteiger partial charge in [0.1, 0.15) is 5.01 Å². The summed E-state index contributed by atoms with van der Waals surface area (Å²) in [6.07, 6.45) is 0. The summed E-state index contributed by atoms with van der Waals surface area (Å²) in [7, 11) is 0. The van der Waals surface area contributed by atoms with Gasteiger partial charge in [-0.2, -0.15) is 5.26 Å². The van der Waals surface area contributed by atoms with E-state index in [0.717, 1.165) is 14.2 Å². The molecule has 4 nitrogen and oxygen atoms in total. The first-order valence-electron chi connectivity index (χ1n) is 4.46. The highest BCUT2D eigenvalue weighted by Crippen LogP contribution is 2.34. The van der Waals surface area contributed by atoms with E-state index in [0.29, 0.717) is 11.3 Å². The molecule has 0 saturated carbocycles. The predicted molar refractivity (Wildman–Crippen MR) is 64.3 cm³/mol. The Bertz CT molecular complexity index is 556. The Kier molecular flexibility index (Phi) is 3.08. The van der Waals surface area contributed by atoms with Gasteiger partial charge >= 0.3 is 0 Å². The Balaban J connectivity index is 2.30. The fourth-order valence-electron chi connectivity index (χ4n) is 1.11. The summed E-state index contributed by atoms with van der Waals surface area (Å²) >= 11 is 2.94. The molecule has 0 radical (unpaired) electrons.